The summed E-state index contributed by atoms with van der Waals surface area (Å²) in [5.74, 6) is -1.50. The van der Waals surface area contributed by atoms with Crippen molar-refractivity contribution in [1.29, 1.82) is 0 Å². The van der Waals surface area contributed by atoms with Gasteiger partial charge in [0.1, 0.15) is 5.82 Å². The molecule has 0 radical (unpaired) electrons. The quantitative estimate of drug-likeness (QED) is 0.592. The molecule has 1 aromatic rings. The van der Waals surface area contributed by atoms with E-state index in [4.69, 9.17) is 5.73 Å². The van der Waals surface area contributed by atoms with Crippen LogP contribution in [-0.4, -0.2) is 5.78 Å². The SMILES string of the molecule is CC(=O)c1ccc(F)c(N)c1C(F)F. The van der Waals surface area contributed by atoms with Gasteiger partial charge in [0.05, 0.1) is 11.3 Å². The monoisotopic (exact) mass is 203 g/mol. The molecule has 2 N–H and O–H groups in total. The van der Waals surface area contributed by atoms with Crippen molar-refractivity contribution in [3.63, 3.8) is 0 Å². The Hall–Kier alpha value is -1.52. The second-order valence-corrected chi connectivity index (χ2v) is 2.78. The number of Topliss-reactive ketones (excluding diaryl/α,β-unsaturated/α-hetero) is 1. The second kappa shape index (κ2) is 3.69. The molecule has 0 aliphatic heterocycles. The summed E-state index contributed by atoms with van der Waals surface area (Å²) >= 11 is 0. The van der Waals surface area contributed by atoms with Gasteiger partial charge in [-0.25, -0.2) is 13.2 Å². The van der Waals surface area contributed by atoms with Gasteiger partial charge in [0, 0.05) is 5.56 Å². The molecule has 0 fully saturated rings. The van der Waals surface area contributed by atoms with E-state index in [1.54, 1.807) is 0 Å². The van der Waals surface area contributed by atoms with Crippen molar-refractivity contribution in [3.05, 3.63) is 29.1 Å². The highest BCUT2D eigenvalue weighted by Gasteiger charge is 2.21. The Morgan fingerprint density at radius 1 is 1.43 bits per heavy atom. The highest BCUT2D eigenvalue weighted by atomic mass is 19.3. The molecule has 0 heterocycles. The molecule has 0 amide bonds. The number of nitrogen functional groups attached to an aromatic ring is 1. The van der Waals surface area contributed by atoms with Gasteiger partial charge < -0.3 is 5.73 Å². The predicted octanol–water partition coefficient (Wildman–Crippen LogP) is 2.55. The standard InChI is InChI=1S/C9H8F3NO/c1-4(14)5-2-3-6(10)8(13)7(5)9(11)12/h2-3,9H,13H2,1H3. The first-order valence-electron chi connectivity index (χ1n) is 3.82. The van der Waals surface area contributed by atoms with Crippen LogP contribution in [0.5, 0.6) is 0 Å². The van der Waals surface area contributed by atoms with Crippen LogP contribution < -0.4 is 5.73 Å². The molecular weight excluding hydrogens is 195 g/mol. The number of nitrogens with two attached hydrogens (primary N) is 1. The van der Waals surface area contributed by atoms with E-state index < -0.39 is 29.3 Å². The fraction of sp³-hybridized carbons (Fsp3) is 0.222. The minimum Gasteiger partial charge on any atom is -0.396 e. The highest BCUT2D eigenvalue weighted by Crippen LogP contribution is 2.30. The van der Waals surface area contributed by atoms with E-state index in [2.05, 4.69) is 0 Å². The zero-order valence-corrected chi connectivity index (χ0v) is 7.35. The minimum absolute atomic E-state index is 0.237. The Bertz CT molecular complexity index is 377. The van der Waals surface area contributed by atoms with E-state index in [0.29, 0.717) is 0 Å². The first-order valence-corrected chi connectivity index (χ1v) is 3.82. The molecule has 0 aliphatic rings. The fourth-order valence-corrected chi connectivity index (χ4v) is 1.15. The maximum atomic E-state index is 12.8. The number of hydrogen-bond acceptors (Lipinski definition) is 2. The molecule has 0 unspecified atom stereocenters. The van der Waals surface area contributed by atoms with Crippen LogP contribution in [0.3, 0.4) is 0 Å². The largest absolute Gasteiger partial charge is 0.396 e. The summed E-state index contributed by atoms with van der Waals surface area (Å²) in [6.45, 7) is 1.12. The molecule has 0 atom stereocenters. The lowest BCUT2D eigenvalue weighted by Gasteiger charge is -2.09. The van der Waals surface area contributed by atoms with Crippen LogP contribution in [0, 0.1) is 5.82 Å². The van der Waals surface area contributed by atoms with Gasteiger partial charge in [0.15, 0.2) is 5.78 Å². The first-order chi connectivity index (χ1) is 6.45. The van der Waals surface area contributed by atoms with Crippen molar-refractivity contribution in [2.45, 2.75) is 13.3 Å². The Morgan fingerprint density at radius 3 is 2.43 bits per heavy atom. The van der Waals surface area contributed by atoms with E-state index in [1.807, 2.05) is 0 Å². The molecule has 76 valence electrons. The third-order valence-electron chi connectivity index (χ3n) is 1.83. The lowest BCUT2D eigenvalue weighted by molar-refractivity contribution is 0.0999. The lowest BCUT2D eigenvalue weighted by Crippen LogP contribution is -2.06. The predicted molar refractivity (Wildman–Crippen MR) is 45.8 cm³/mol. The van der Waals surface area contributed by atoms with E-state index >= 15 is 0 Å². The van der Waals surface area contributed by atoms with Crippen LogP contribution in [0.2, 0.25) is 0 Å². The molecule has 2 nitrogen and oxygen atoms in total. The van der Waals surface area contributed by atoms with E-state index in [1.165, 1.54) is 0 Å². The molecule has 0 aromatic heterocycles. The van der Waals surface area contributed by atoms with Crippen LogP contribution in [-0.2, 0) is 0 Å². The van der Waals surface area contributed by atoms with Gasteiger partial charge in [-0.15, -0.1) is 0 Å². The van der Waals surface area contributed by atoms with Crippen molar-refractivity contribution in [3.8, 4) is 0 Å². The molecule has 0 bridgehead atoms. The Labute approximate surface area is 78.5 Å². The topological polar surface area (TPSA) is 43.1 Å². The van der Waals surface area contributed by atoms with E-state index in [-0.39, 0.29) is 5.56 Å². The first kappa shape index (κ1) is 10.6. The third-order valence-corrected chi connectivity index (χ3v) is 1.83. The molecular formula is C9H8F3NO. The number of ketones is 1. The molecule has 0 spiro atoms. The van der Waals surface area contributed by atoms with Gasteiger partial charge in [-0.05, 0) is 19.1 Å². The Morgan fingerprint density at radius 2 is 2.00 bits per heavy atom. The van der Waals surface area contributed by atoms with Gasteiger partial charge >= 0.3 is 0 Å². The van der Waals surface area contributed by atoms with Crippen LogP contribution >= 0.6 is 0 Å². The Balaban J connectivity index is 3.45. The van der Waals surface area contributed by atoms with Gasteiger partial charge in [0.2, 0.25) is 0 Å². The highest BCUT2D eigenvalue weighted by molar-refractivity contribution is 5.97. The molecule has 0 aliphatic carbocycles. The number of carbonyl (C=O) groups is 1. The zero-order valence-electron chi connectivity index (χ0n) is 7.35. The molecule has 0 saturated heterocycles. The second-order valence-electron chi connectivity index (χ2n) is 2.78. The fourth-order valence-electron chi connectivity index (χ4n) is 1.15. The minimum atomic E-state index is -2.95. The summed E-state index contributed by atoms with van der Waals surface area (Å²) in [6, 6.07) is 1.91. The maximum Gasteiger partial charge on any atom is 0.266 e. The van der Waals surface area contributed by atoms with Crippen LogP contribution in [0.4, 0.5) is 18.9 Å². The van der Waals surface area contributed by atoms with Gasteiger partial charge in [-0.3, -0.25) is 4.79 Å². The average Bonchev–Trinajstić information content (AvgIpc) is 2.08. The summed E-state index contributed by atoms with van der Waals surface area (Å²) in [6.07, 6.45) is -2.95. The zero-order chi connectivity index (χ0) is 10.9. The summed E-state index contributed by atoms with van der Waals surface area (Å²) in [5.41, 5.74) is 3.49. The number of benzene rings is 1. The van der Waals surface area contributed by atoms with Crippen LogP contribution in [0.15, 0.2) is 12.1 Å². The normalized spacial score (nSPS) is 10.6. The van der Waals surface area contributed by atoms with Crippen molar-refractivity contribution in [1.82, 2.24) is 0 Å². The van der Waals surface area contributed by atoms with Crippen LogP contribution in [0.25, 0.3) is 0 Å². The molecule has 14 heavy (non-hydrogen) atoms. The van der Waals surface area contributed by atoms with Crippen LogP contribution in [0.1, 0.15) is 29.3 Å². The summed E-state index contributed by atoms with van der Waals surface area (Å²) in [4.78, 5) is 10.9. The summed E-state index contributed by atoms with van der Waals surface area (Å²) < 4.78 is 37.7. The number of rotatable bonds is 2. The average molecular weight is 203 g/mol. The van der Waals surface area contributed by atoms with Gasteiger partial charge in [-0.1, -0.05) is 0 Å². The number of anilines is 1. The number of carbonyl (C=O) groups excluding carboxylic acids is 1. The third kappa shape index (κ3) is 1.71. The lowest BCUT2D eigenvalue weighted by atomic mass is 10.0. The van der Waals surface area contributed by atoms with E-state index in [9.17, 15) is 18.0 Å². The van der Waals surface area contributed by atoms with Crippen molar-refractivity contribution < 1.29 is 18.0 Å². The van der Waals surface area contributed by atoms with Gasteiger partial charge in [0.25, 0.3) is 6.43 Å². The maximum absolute atomic E-state index is 12.8. The number of hydrogen-bond donors (Lipinski definition) is 1. The van der Waals surface area contributed by atoms with Crippen molar-refractivity contribution in [2.75, 3.05) is 5.73 Å². The summed E-state index contributed by atoms with van der Waals surface area (Å²) in [7, 11) is 0. The Kier molecular flexibility index (Phi) is 2.78. The van der Waals surface area contributed by atoms with Crippen molar-refractivity contribution in [2.24, 2.45) is 0 Å². The smallest absolute Gasteiger partial charge is 0.266 e. The molecule has 5 heteroatoms. The van der Waals surface area contributed by atoms with Gasteiger partial charge in [-0.2, -0.15) is 0 Å². The number of halogens is 3. The van der Waals surface area contributed by atoms with Crippen molar-refractivity contribution >= 4 is 11.5 Å². The molecule has 1 rings (SSSR count). The molecule has 0 saturated carbocycles. The number of alkyl halides is 2. The summed E-state index contributed by atoms with van der Waals surface area (Å²) in [5, 5.41) is 0. The van der Waals surface area contributed by atoms with E-state index in [0.717, 1.165) is 19.1 Å². The molecule has 1 aromatic carbocycles.